The maximum Gasteiger partial charge on any atom is 0.323 e. The highest BCUT2D eigenvalue weighted by molar-refractivity contribution is 6.06. The largest absolute Gasteiger partial charge is 0.480 e. The van der Waals surface area contributed by atoms with E-state index in [0.29, 0.717) is 43.3 Å². The molecule has 4 heterocycles. The van der Waals surface area contributed by atoms with Crippen molar-refractivity contribution in [2.24, 2.45) is 29.6 Å². The van der Waals surface area contributed by atoms with E-state index in [-0.39, 0.29) is 24.4 Å². The van der Waals surface area contributed by atoms with E-state index < -0.39 is 18.1 Å². The molecule has 226 valence electrons. The van der Waals surface area contributed by atoms with Crippen LogP contribution in [0.4, 0.5) is 11.4 Å². The molecule has 4 aliphatic heterocycles. The van der Waals surface area contributed by atoms with E-state index in [9.17, 15) is 19.5 Å². The second kappa shape index (κ2) is 10.2. The van der Waals surface area contributed by atoms with Gasteiger partial charge in [-0.15, -0.1) is 0 Å². The zero-order chi connectivity index (χ0) is 28.7. The number of nitrogens with zero attached hydrogens (tertiary/aromatic N) is 3. The summed E-state index contributed by atoms with van der Waals surface area (Å²) in [6, 6.07) is 8.79. The molecule has 3 aliphatic carbocycles. The number of rotatable bonds is 5. The molecule has 3 saturated carbocycles. The number of fused-ring (bicyclic) bond motifs is 4. The van der Waals surface area contributed by atoms with Gasteiger partial charge in [0.25, 0.3) is 5.91 Å². The first-order valence-electron chi connectivity index (χ1n) is 16.8. The van der Waals surface area contributed by atoms with E-state index in [1.807, 2.05) is 18.2 Å². The third-order valence-electron chi connectivity index (χ3n) is 12.8. The van der Waals surface area contributed by atoms with Crippen molar-refractivity contribution in [3.05, 3.63) is 24.3 Å². The van der Waals surface area contributed by atoms with Crippen molar-refractivity contribution in [2.45, 2.75) is 120 Å². The van der Waals surface area contributed by atoms with Gasteiger partial charge < -0.3 is 20.2 Å². The Morgan fingerprint density at radius 1 is 0.905 bits per heavy atom. The molecule has 1 aromatic carbocycles. The van der Waals surface area contributed by atoms with E-state index in [1.165, 1.54) is 49.8 Å². The molecule has 42 heavy (non-hydrogen) atoms. The van der Waals surface area contributed by atoms with Crippen LogP contribution in [-0.4, -0.2) is 75.5 Å². The second-order valence-electron chi connectivity index (χ2n) is 15.0. The number of anilines is 2. The van der Waals surface area contributed by atoms with Crippen LogP contribution in [0.25, 0.3) is 0 Å². The number of likely N-dealkylation sites (tertiary alicyclic amines) is 1. The normalized spacial score (nSPS) is 42.8. The van der Waals surface area contributed by atoms with Crippen molar-refractivity contribution in [3.63, 3.8) is 0 Å². The van der Waals surface area contributed by atoms with E-state index in [4.69, 9.17) is 0 Å². The Bertz CT molecular complexity index is 1270. The van der Waals surface area contributed by atoms with Gasteiger partial charge in [0.2, 0.25) is 5.91 Å². The lowest BCUT2D eigenvalue weighted by Gasteiger charge is -2.58. The predicted octanol–water partition coefficient (Wildman–Crippen LogP) is 4.74. The number of piperidine rings is 3. The van der Waals surface area contributed by atoms with Gasteiger partial charge in [0.1, 0.15) is 12.6 Å². The minimum absolute atomic E-state index is 0.000233. The molecule has 11 atom stereocenters. The number of carboxylic acids is 1. The number of carbonyl (C=O) groups is 3. The Kier molecular flexibility index (Phi) is 6.58. The van der Waals surface area contributed by atoms with Crippen LogP contribution in [0.15, 0.2) is 24.3 Å². The minimum atomic E-state index is -1.03. The molecule has 6 fully saturated rings. The molecule has 0 aromatic heterocycles. The maximum atomic E-state index is 14.6. The standard InChI is InChI=1S/C34H46N4O4/c1-19-9-10-23-16-25(17-30(19)37(23)24-12-20-11-21-14-22(15-24)26(21)13-20)38-28-6-3-2-5-27(28)35-33(34(38)42)29-7-4-8-31(39)36(29)18-32(40)41/h2-3,5-6,19-26,29-30,33,35H,4,7-18H2,1H3,(H,40,41)/t19-,20+,21-,22-,23+,24+,25-,26?,29?,30+,33?/m0/s1. The molecule has 8 rings (SSSR count). The number of para-hydroxylation sites is 2. The number of carbonyl (C=O) groups excluding carboxylic acids is 2. The van der Waals surface area contributed by atoms with Crippen molar-refractivity contribution in [2.75, 3.05) is 16.8 Å². The molecule has 0 spiro atoms. The van der Waals surface area contributed by atoms with Gasteiger partial charge in [0.15, 0.2) is 0 Å². The molecule has 2 N–H and O–H groups in total. The van der Waals surface area contributed by atoms with Crippen molar-refractivity contribution < 1.29 is 19.5 Å². The molecule has 8 nitrogen and oxygen atoms in total. The molecular formula is C34H46N4O4. The summed E-state index contributed by atoms with van der Waals surface area (Å²) in [6.45, 7) is 2.08. The minimum Gasteiger partial charge on any atom is -0.480 e. The first kappa shape index (κ1) is 27.0. The van der Waals surface area contributed by atoms with Crippen LogP contribution >= 0.6 is 0 Å². The first-order valence-corrected chi connectivity index (χ1v) is 16.8. The summed E-state index contributed by atoms with van der Waals surface area (Å²) in [7, 11) is 0. The van der Waals surface area contributed by atoms with Gasteiger partial charge in [-0.2, -0.15) is 0 Å². The van der Waals surface area contributed by atoms with Gasteiger partial charge in [-0.1, -0.05) is 19.1 Å². The van der Waals surface area contributed by atoms with Gasteiger partial charge in [0, 0.05) is 30.6 Å². The van der Waals surface area contributed by atoms with Gasteiger partial charge in [0.05, 0.1) is 17.4 Å². The summed E-state index contributed by atoms with van der Waals surface area (Å²) in [5.74, 6) is 3.31. The first-order chi connectivity index (χ1) is 20.4. The Morgan fingerprint density at radius 3 is 2.60 bits per heavy atom. The highest BCUT2D eigenvalue weighted by Gasteiger charge is 2.55. The van der Waals surface area contributed by atoms with E-state index >= 15 is 0 Å². The quantitative estimate of drug-likeness (QED) is 0.528. The maximum absolute atomic E-state index is 14.6. The molecular weight excluding hydrogens is 528 g/mol. The summed E-state index contributed by atoms with van der Waals surface area (Å²) in [5, 5.41) is 13.1. The topological polar surface area (TPSA) is 93.2 Å². The van der Waals surface area contributed by atoms with Gasteiger partial charge >= 0.3 is 5.97 Å². The van der Waals surface area contributed by atoms with Crippen LogP contribution in [0, 0.1) is 29.6 Å². The van der Waals surface area contributed by atoms with Gasteiger partial charge in [-0.05, 0) is 112 Å². The van der Waals surface area contributed by atoms with Crippen LogP contribution in [0.5, 0.6) is 0 Å². The Balaban J connectivity index is 1.09. The SMILES string of the molecule is C[C@H]1CC[C@@H]2C[C@H](N3C(=O)C(C4CCCC(=O)N4CC(=O)O)Nc4ccccc43)C[C@H]1N2[C@@H]1C[C@@H]2CC3[C@@H](C2)C[C@H]3C1. The van der Waals surface area contributed by atoms with E-state index in [2.05, 4.69) is 28.1 Å². The molecule has 0 radical (unpaired) electrons. The average molecular weight is 575 g/mol. The Morgan fingerprint density at radius 2 is 1.74 bits per heavy atom. The lowest BCUT2D eigenvalue weighted by atomic mass is 9.63. The summed E-state index contributed by atoms with van der Waals surface area (Å²) in [4.78, 5) is 45.6. The average Bonchev–Trinajstić information content (AvgIpc) is 3.19. The summed E-state index contributed by atoms with van der Waals surface area (Å²) >= 11 is 0. The number of hydrogen-bond acceptors (Lipinski definition) is 5. The summed E-state index contributed by atoms with van der Waals surface area (Å²) in [6.07, 6.45) is 13.3. The van der Waals surface area contributed by atoms with Crippen LogP contribution in [0.3, 0.4) is 0 Å². The Hall–Kier alpha value is -2.61. The molecule has 1 aromatic rings. The smallest absolute Gasteiger partial charge is 0.323 e. The van der Waals surface area contributed by atoms with Crippen LogP contribution in [0.2, 0.25) is 0 Å². The Labute approximate surface area is 249 Å². The fraction of sp³-hybridized carbons (Fsp3) is 0.735. The highest BCUT2D eigenvalue weighted by Crippen LogP contribution is 2.60. The predicted molar refractivity (Wildman–Crippen MR) is 160 cm³/mol. The molecule has 8 heteroatoms. The number of carboxylic acid groups (broad SMARTS) is 1. The van der Waals surface area contributed by atoms with E-state index in [1.54, 1.807) is 0 Å². The van der Waals surface area contributed by atoms with Gasteiger partial charge in [-0.25, -0.2) is 0 Å². The van der Waals surface area contributed by atoms with Crippen molar-refractivity contribution >= 4 is 29.2 Å². The van der Waals surface area contributed by atoms with E-state index in [0.717, 1.165) is 47.9 Å². The zero-order valence-corrected chi connectivity index (χ0v) is 24.9. The second-order valence-corrected chi connectivity index (χ2v) is 15.0. The number of aliphatic carboxylic acids is 1. The molecule has 2 amide bonds. The third-order valence-corrected chi connectivity index (χ3v) is 12.8. The molecule has 7 aliphatic rings. The lowest BCUT2D eigenvalue weighted by Crippen LogP contribution is -2.66. The number of hydrogen-bond donors (Lipinski definition) is 2. The lowest BCUT2D eigenvalue weighted by molar-refractivity contribution is -0.149. The van der Waals surface area contributed by atoms with Crippen molar-refractivity contribution in [1.29, 1.82) is 0 Å². The third kappa shape index (κ3) is 4.29. The number of benzene rings is 1. The fourth-order valence-electron chi connectivity index (χ4n) is 11.0. The van der Waals surface area contributed by atoms with Crippen LogP contribution < -0.4 is 10.2 Å². The fourth-order valence-corrected chi connectivity index (χ4v) is 11.0. The van der Waals surface area contributed by atoms with Crippen molar-refractivity contribution in [1.82, 2.24) is 9.80 Å². The van der Waals surface area contributed by atoms with Crippen molar-refractivity contribution in [3.8, 4) is 0 Å². The van der Waals surface area contributed by atoms with Crippen LogP contribution in [0.1, 0.15) is 84.0 Å². The number of amides is 2. The zero-order valence-electron chi connectivity index (χ0n) is 24.9. The van der Waals surface area contributed by atoms with Gasteiger partial charge in [-0.3, -0.25) is 19.3 Å². The molecule has 3 unspecified atom stereocenters. The summed E-state index contributed by atoms with van der Waals surface area (Å²) < 4.78 is 0. The molecule has 3 saturated heterocycles. The number of nitrogens with one attached hydrogen (secondary N) is 1. The highest BCUT2D eigenvalue weighted by atomic mass is 16.4. The monoisotopic (exact) mass is 574 g/mol. The van der Waals surface area contributed by atoms with Crippen LogP contribution in [-0.2, 0) is 14.4 Å². The molecule has 4 bridgehead atoms. The summed E-state index contributed by atoms with van der Waals surface area (Å²) in [5.41, 5.74) is 1.84.